The number of hydrogen-bond acceptors (Lipinski definition) is 5. The van der Waals surface area contributed by atoms with Gasteiger partial charge in [-0.15, -0.1) is 0 Å². The summed E-state index contributed by atoms with van der Waals surface area (Å²) >= 11 is 2.02. The molecule has 0 atom stereocenters. The number of hydrogen-bond donors (Lipinski definition) is 3. The lowest BCUT2D eigenvalue weighted by Crippen LogP contribution is -2.46. The predicted octanol–water partition coefficient (Wildman–Crippen LogP) is 1.22. The molecule has 0 saturated carbocycles. The lowest BCUT2D eigenvalue weighted by atomic mass is 10.2. The number of aromatic amines is 2. The summed E-state index contributed by atoms with van der Waals surface area (Å²) in [6.07, 6.45) is 9.48. The fraction of sp³-hybridized carbons (Fsp3) is 0.765. The Morgan fingerprint density at radius 2 is 1.50 bits per heavy atom. The zero-order valence-electron chi connectivity index (χ0n) is 15.5. The van der Waals surface area contributed by atoms with Crippen LogP contribution in [0, 0.1) is 0 Å². The molecule has 0 bridgehead atoms. The van der Waals surface area contributed by atoms with Crippen molar-refractivity contribution < 1.29 is 4.79 Å². The molecule has 8 nitrogen and oxygen atoms in total. The molecule has 1 heterocycles. The monoisotopic (exact) mass is 386 g/mol. The fourth-order valence-corrected chi connectivity index (χ4v) is 3.46. The van der Waals surface area contributed by atoms with Crippen LogP contribution in [0.5, 0.6) is 0 Å². The van der Waals surface area contributed by atoms with Gasteiger partial charge < -0.3 is 5.32 Å². The zero-order valence-corrected chi connectivity index (χ0v) is 16.3. The Kier molecular flexibility index (Phi) is 11.5. The quantitative estimate of drug-likeness (QED) is 0.416. The average Bonchev–Trinajstić information content (AvgIpc) is 2.59. The van der Waals surface area contributed by atoms with E-state index >= 15 is 0 Å². The van der Waals surface area contributed by atoms with Gasteiger partial charge in [0.25, 0.3) is 0 Å². The zero-order chi connectivity index (χ0) is 19.2. The molecule has 0 aliphatic rings. The van der Waals surface area contributed by atoms with Crippen molar-refractivity contribution in [2.24, 2.45) is 0 Å². The second-order valence-electron chi connectivity index (χ2n) is 6.21. The van der Waals surface area contributed by atoms with Crippen LogP contribution < -0.4 is 22.4 Å². The highest BCUT2D eigenvalue weighted by molar-refractivity contribution is 7.99. The molecule has 9 heteroatoms. The summed E-state index contributed by atoms with van der Waals surface area (Å²) in [5.74, 6) is 2.02. The number of aromatic nitrogens is 3. The predicted molar refractivity (Wildman–Crippen MR) is 105 cm³/mol. The van der Waals surface area contributed by atoms with Crippen LogP contribution in [-0.4, -0.2) is 38.5 Å². The van der Waals surface area contributed by atoms with Gasteiger partial charge in [0, 0.05) is 6.54 Å². The third kappa shape index (κ3) is 9.65. The molecule has 148 valence electrons. The number of carbonyl (C=O) groups excluding carboxylic acids is 1. The summed E-state index contributed by atoms with van der Waals surface area (Å²) < 4.78 is 0.661. The van der Waals surface area contributed by atoms with Crippen molar-refractivity contribution in [3.8, 4) is 0 Å². The molecular weight excluding hydrogens is 356 g/mol. The van der Waals surface area contributed by atoms with Crippen molar-refractivity contribution >= 4 is 17.7 Å². The van der Waals surface area contributed by atoms with Crippen LogP contribution in [0.25, 0.3) is 0 Å². The maximum atomic E-state index is 11.8. The molecule has 0 aliphatic carbocycles. The Morgan fingerprint density at radius 1 is 0.923 bits per heavy atom. The Bertz CT molecular complexity index is 661. The number of amides is 1. The Hall–Kier alpha value is -1.77. The molecule has 1 amide bonds. The van der Waals surface area contributed by atoms with E-state index in [0.717, 1.165) is 19.3 Å². The van der Waals surface area contributed by atoms with E-state index < -0.39 is 29.5 Å². The molecular formula is C17H30N4O4S. The van der Waals surface area contributed by atoms with E-state index in [1.807, 2.05) is 21.7 Å². The molecule has 0 aliphatic heterocycles. The van der Waals surface area contributed by atoms with Gasteiger partial charge in [-0.3, -0.25) is 14.8 Å². The minimum absolute atomic E-state index is 0.403. The fourth-order valence-electron chi connectivity index (χ4n) is 2.44. The Balaban J connectivity index is 2.05. The molecule has 1 aromatic heterocycles. The van der Waals surface area contributed by atoms with E-state index in [0.29, 0.717) is 11.1 Å². The van der Waals surface area contributed by atoms with Crippen LogP contribution in [0.2, 0.25) is 0 Å². The van der Waals surface area contributed by atoms with Gasteiger partial charge in [-0.25, -0.2) is 19.0 Å². The highest BCUT2D eigenvalue weighted by Crippen LogP contribution is 2.11. The first-order valence-electron chi connectivity index (χ1n) is 9.32. The van der Waals surface area contributed by atoms with Gasteiger partial charge in [-0.2, -0.15) is 11.8 Å². The number of H-pyrrole nitrogens is 2. The lowest BCUT2D eigenvalue weighted by molar-refractivity contribution is -0.121. The van der Waals surface area contributed by atoms with Gasteiger partial charge in [0.05, 0.1) is 0 Å². The highest BCUT2D eigenvalue weighted by Gasteiger charge is 2.08. The van der Waals surface area contributed by atoms with Crippen molar-refractivity contribution in [3.63, 3.8) is 0 Å². The van der Waals surface area contributed by atoms with Crippen LogP contribution >= 0.6 is 11.8 Å². The summed E-state index contributed by atoms with van der Waals surface area (Å²) in [4.78, 5) is 49.5. The molecule has 1 aromatic rings. The van der Waals surface area contributed by atoms with E-state index in [4.69, 9.17) is 0 Å². The van der Waals surface area contributed by atoms with E-state index in [1.165, 1.54) is 43.6 Å². The second-order valence-corrected chi connectivity index (χ2v) is 7.44. The third-order valence-electron chi connectivity index (χ3n) is 3.91. The van der Waals surface area contributed by atoms with Gasteiger partial charge >= 0.3 is 17.1 Å². The van der Waals surface area contributed by atoms with Crippen LogP contribution in [0.1, 0.15) is 58.3 Å². The van der Waals surface area contributed by atoms with Gasteiger partial charge in [0.15, 0.2) is 0 Å². The number of thioether (sulfide) groups is 1. The molecule has 1 rings (SSSR count). The van der Waals surface area contributed by atoms with E-state index in [1.54, 1.807) is 0 Å². The standard InChI is InChI=1S/C17H30N4O4S/c1-2-3-4-8-11-26-12-9-6-5-7-10-18-14(22)13-21-16(24)19-15(23)20-17(21)25/h2-13H2,1H3,(H,18,22)(H2,19,20,23,24,25). The van der Waals surface area contributed by atoms with Gasteiger partial charge in [0.1, 0.15) is 6.54 Å². The SMILES string of the molecule is CCCCCCSCCCCCCNC(=O)Cn1c(=O)[nH]c(=O)[nH]c1=O. The summed E-state index contributed by atoms with van der Waals surface area (Å²) in [7, 11) is 0. The first-order chi connectivity index (χ1) is 12.5. The summed E-state index contributed by atoms with van der Waals surface area (Å²) in [6.45, 7) is 2.33. The van der Waals surface area contributed by atoms with Crippen LogP contribution in [0.4, 0.5) is 0 Å². The van der Waals surface area contributed by atoms with Crippen molar-refractivity contribution in [3.05, 3.63) is 31.5 Å². The summed E-state index contributed by atoms with van der Waals surface area (Å²) in [6, 6.07) is 0. The van der Waals surface area contributed by atoms with Gasteiger partial charge in [-0.1, -0.05) is 39.0 Å². The summed E-state index contributed by atoms with van der Waals surface area (Å²) in [5, 5.41) is 2.68. The first kappa shape index (κ1) is 22.3. The second kappa shape index (κ2) is 13.4. The lowest BCUT2D eigenvalue weighted by Gasteiger charge is -2.06. The van der Waals surface area contributed by atoms with E-state index in [9.17, 15) is 19.2 Å². The molecule has 0 aromatic carbocycles. The minimum Gasteiger partial charge on any atom is -0.355 e. The van der Waals surface area contributed by atoms with Crippen molar-refractivity contribution in [1.82, 2.24) is 19.9 Å². The van der Waals surface area contributed by atoms with Crippen LogP contribution in [0.3, 0.4) is 0 Å². The number of carbonyl (C=O) groups is 1. The molecule has 0 saturated heterocycles. The smallest absolute Gasteiger partial charge is 0.334 e. The van der Waals surface area contributed by atoms with E-state index in [2.05, 4.69) is 12.2 Å². The summed E-state index contributed by atoms with van der Waals surface area (Å²) in [5.41, 5.74) is -2.65. The van der Waals surface area contributed by atoms with E-state index in [-0.39, 0.29) is 0 Å². The molecule has 0 fully saturated rings. The topological polar surface area (TPSA) is 117 Å². The number of nitrogens with zero attached hydrogens (tertiary/aromatic N) is 1. The minimum atomic E-state index is -0.888. The van der Waals surface area contributed by atoms with Gasteiger partial charge in [0.2, 0.25) is 5.91 Å². The molecule has 3 N–H and O–H groups in total. The van der Waals surface area contributed by atoms with Crippen molar-refractivity contribution in [2.45, 2.75) is 64.8 Å². The molecule has 0 unspecified atom stereocenters. The van der Waals surface area contributed by atoms with Crippen LogP contribution in [0.15, 0.2) is 14.4 Å². The number of rotatable bonds is 14. The van der Waals surface area contributed by atoms with Crippen molar-refractivity contribution in [1.29, 1.82) is 0 Å². The average molecular weight is 387 g/mol. The Labute approximate surface area is 157 Å². The maximum absolute atomic E-state index is 11.8. The normalized spacial score (nSPS) is 10.8. The number of nitrogens with one attached hydrogen (secondary N) is 3. The molecule has 0 spiro atoms. The number of unbranched alkanes of at least 4 members (excludes halogenated alkanes) is 6. The molecule has 26 heavy (non-hydrogen) atoms. The maximum Gasteiger partial charge on any atom is 0.334 e. The first-order valence-corrected chi connectivity index (χ1v) is 10.5. The highest BCUT2D eigenvalue weighted by atomic mass is 32.2. The molecule has 0 radical (unpaired) electrons. The largest absolute Gasteiger partial charge is 0.355 e. The van der Waals surface area contributed by atoms with Crippen molar-refractivity contribution in [2.75, 3.05) is 18.1 Å². The Morgan fingerprint density at radius 3 is 2.12 bits per heavy atom. The van der Waals surface area contributed by atoms with Crippen LogP contribution in [-0.2, 0) is 11.3 Å². The third-order valence-corrected chi connectivity index (χ3v) is 5.07. The van der Waals surface area contributed by atoms with Gasteiger partial charge in [-0.05, 0) is 30.8 Å².